The van der Waals surface area contributed by atoms with E-state index in [0.717, 1.165) is 6.42 Å². The van der Waals surface area contributed by atoms with Crippen LogP contribution in [0.25, 0.3) is 6.08 Å². The van der Waals surface area contributed by atoms with Gasteiger partial charge in [0.05, 0.1) is 11.6 Å². The number of allylic oxidation sites excluding steroid dienone is 1. The van der Waals surface area contributed by atoms with Gasteiger partial charge in [-0.25, -0.2) is 4.57 Å². The zero-order valence-electron chi connectivity index (χ0n) is 12.3. The molecular weight excluding hydrogens is 350 g/mol. The van der Waals surface area contributed by atoms with Gasteiger partial charge in [0.15, 0.2) is 5.75 Å². The summed E-state index contributed by atoms with van der Waals surface area (Å²) < 4.78 is 23.7. The van der Waals surface area contributed by atoms with Crippen molar-refractivity contribution in [2.24, 2.45) is 0 Å². The maximum atomic E-state index is 12.7. The Morgan fingerprint density at radius 1 is 1.33 bits per heavy atom. The van der Waals surface area contributed by atoms with E-state index in [4.69, 9.17) is 32.2 Å². The fourth-order valence-electron chi connectivity index (χ4n) is 1.54. The van der Waals surface area contributed by atoms with Crippen LogP contribution in [0.15, 0.2) is 18.2 Å². The summed E-state index contributed by atoms with van der Waals surface area (Å²) in [5, 5.41) is 0.806. The van der Waals surface area contributed by atoms with E-state index < -0.39 is 6.80 Å². The molecule has 0 bridgehead atoms. The quantitative estimate of drug-likeness (QED) is 0.478. The summed E-state index contributed by atoms with van der Waals surface area (Å²) in [4.78, 5) is 0. The van der Waals surface area contributed by atoms with Gasteiger partial charge in [-0.05, 0) is 43.8 Å². The van der Waals surface area contributed by atoms with Crippen LogP contribution in [-0.2, 0) is 9.09 Å². The van der Waals surface area contributed by atoms with Gasteiger partial charge in [-0.2, -0.15) is 0 Å². The molecule has 0 aliphatic carbocycles. The first-order valence-corrected chi connectivity index (χ1v) is 10.5. The largest absolute Gasteiger partial charge is 0.440 e. The van der Waals surface area contributed by atoms with Crippen molar-refractivity contribution in [2.75, 3.05) is 12.4 Å². The van der Waals surface area contributed by atoms with Crippen molar-refractivity contribution in [3.8, 4) is 5.75 Å². The van der Waals surface area contributed by atoms with E-state index >= 15 is 0 Å². The van der Waals surface area contributed by atoms with Crippen LogP contribution in [-0.4, -0.2) is 12.4 Å². The van der Waals surface area contributed by atoms with Crippen molar-refractivity contribution in [2.45, 2.75) is 27.2 Å². The van der Waals surface area contributed by atoms with E-state index in [0.29, 0.717) is 33.7 Å². The Hall–Kier alpha value is -0.120. The third-order valence-corrected chi connectivity index (χ3v) is 6.75. The van der Waals surface area contributed by atoms with Crippen LogP contribution in [0.2, 0.25) is 10.0 Å². The van der Waals surface area contributed by atoms with Gasteiger partial charge in [-0.1, -0.05) is 42.3 Å². The lowest BCUT2D eigenvalue weighted by molar-refractivity contribution is 0.296. The Balaban J connectivity index is 3.16. The molecule has 0 radical (unpaired) electrons. The molecule has 1 aromatic carbocycles. The molecule has 1 rings (SSSR count). The molecule has 1 unspecified atom stereocenters. The first-order chi connectivity index (χ1) is 9.95. The van der Waals surface area contributed by atoms with E-state index in [1.54, 1.807) is 25.1 Å². The summed E-state index contributed by atoms with van der Waals surface area (Å²) in [5.41, 5.74) is 0.673. The van der Waals surface area contributed by atoms with Gasteiger partial charge in [-0.15, -0.1) is 0 Å². The van der Waals surface area contributed by atoms with Gasteiger partial charge in [0, 0.05) is 16.3 Å². The van der Waals surface area contributed by atoms with E-state index in [-0.39, 0.29) is 0 Å². The predicted octanol–water partition coefficient (Wildman–Crippen LogP) is 6.69. The third-order valence-electron chi connectivity index (χ3n) is 2.33. The number of benzene rings is 1. The molecule has 0 aliphatic rings. The molecule has 0 N–H and O–H groups in total. The molecule has 0 saturated carbocycles. The summed E-state index contributed by atoms with van der Waals surface area (Å²) in [6.07, 6.45) is 4.51. The standard InChI is InChI=1S/C14H19Cl2O3PS/c1-4-7-11-9-12(15)10-13(16)14(11)19-20(17,18-6-3)21-8-5-2/h4,7,9-10H,5-6,8H2,1-3H3. The van der Waals surface area contributed by atoms with Crippen molar-refractivity contribution in [3.05, 3.63) is 33.8 Å². The second-order valence-electron chi connectivity index (χ2n) is 4.10. The van der Waals surface area contributed by atoms with E-state index in [1.807, 2.05) is 19.9 Å². The van der Waals surface area contributed by atoms with Crippen molar-refractivity contribution < 1.29 is 13.6 Å². The van der Waals surface area contributed by atoms with E-state index in [9.17, 15) is 4.57 Å². The highest BCUT2D eigenvalue weighted by molar-refractivity contribution is 8.55. The third kappa shape index (κ3) is 5.88. The number of hydrogen-bond acceptors (Lipinski definition) is 4. The fraction of sp³-hybridized carbons (Fsp3) is 0.429. The van der Waals surface area contributed by atoms with Gasteiger partial charge in [0.1, 0.15) is 0 Å². The normalized spacial score (nSPS) is 14.3. The average Bonchev–Trinajstić information content (AvgIpc) is 2.41. The van der Waals surface area contributed by atoms with Crippen LogP contribution in [0.1, 0.15) is 32.8 Å². The van der Waals surface area contributed by atoms with E-state index in [1.165, 1.54) is 11.4 Å². The molecule has 1 aromatic rings. The molecule has 0 aliphatic heterocycles. The van der Waals surface area contributed by atoms with Crippen LogP contribution in [0, 0.1) is 0 Å². The monoisotopic (exact) mass is 368 g/mol. The minimum atomic E-state index is -3.30. The van der Waals surface area contributed by atoms with Crippen molar-refractivity contribution in [1.82, 2.24) is 0 Å². The Morgan fingerprint density at radius 3 is 2.62 bits per heavy atom. The van der Waals surface area contributed by atoms with E-state index in [2.05, 4.69) is 0 Å². The maximum Gasteiger partial charge on any atom is 0.440 e. The van der Waals surface area contributed by atoms with Crippen molar-refractivity contribution in [1.29, 1.82) is 0 Å². The molecule has 0 amide bonds. The average molecular weight is 369 g/mol. The first kappa shape index (κ1) is 18.9. The summed E-state index contributed by atoms with van der Waals surface area (Å²) >= 11 is 13.4. The Kier molecular flexibility index (Phi) is 8.22. The molecule has 21 heavy (non-hydrogen) atoms. The molecule has 0 aromatic heterocycles. The van der Waals surface area contributed by atoms with Crippen molar-refractivity contribution >= 4 is 47.5 Å². The maximum absolute atomic E-state index is 12.7. The second kappa shape index (κ2) is 9.12. The number of halogens is 2. The molecule has 0 fully saturated rings. The highest BCUT2D eigenvalue weighted by Gasteiger charge is 2.28. The molecule has 118 valence electrons. The van der Waals surface area contributed by atoms with Gasteiger partial charge < -0.3 is 4.52 Å². The van der Waals surface area contributed by atoms with Crippen LogP contribution >= 0.6 is 41.4 Å². The molecule has 0 heterocycles. The lowest BCUT2D eigenvalue weighted by atomic mass is 10.2. The smallest absolute Gasteiger partial charge is 0.415 e. The summed E-state index contributed by atoms with van der Waals surface area (Å²) in [6, 6.07) is 3.27. The summed E-state index contributed by atoms with van der Waals surface area (Å²) in [5.74, 6) is 1.01. The highest BCUT2D eigenvalue weighted by Crippen LogP contribution is 2.61. The zero-order valence-corrected chi connectivity index (χ0v) is 15.5. The molecule has 3 nitrogen and oxygen atoms in total. The summed E-state index contributed by atoms with van der Waals surface area (Å²) in [7, 11) is 0. The zero-order chi connectivity index (χ0) is 15.9. The Labute approximate surface area is 140 Å². The minimum Gasteiger partial charge on any atom is -0.415 e. The number of hydrogen-bond donors (Lipinski definition) is 0. The SMILES string of the molecule is CC=Cc1cc(Cl)cc(Cl)c1OP(=O)(OCC)SCCC. The minimum absolute atomic E-state index is 0.304. The lowest BCUT2D eigenvalue weighted by Gasteiger charge is -2.19. The van der Waals surface area contributed by atoms with Crippen LogP contribution in [0.3, 0.4) is 0 Å². The van der Waals surface area contributed by atoms with Gasteiger partial charge in [0.25, 0.3) is 0 Å². The highest BCUT2D eigenvalue weighted by atomic mass is 35.5. The predicted molar refractivity (Wildman–Crippen MR) is 93.8 cm³/mol. The molecule has 0 spiro atoms. The van der Waals surface area contributed by atoms with Gasteiger partial charge in [0.2, 0.25) is 0 Å². The molecular formula is C14H19Cl2O3PS. The van der Waals surface area contributed by atoms with Crippen LogP contribution in [0.5, 0.6) is 5.75 Å². The lowest BCUT2D eigenvalue weighted by Crippen LogP contribution is -1.98. The Bertz CT molecular complexity index is 549. The number of rotatable bonds is 8. The van der Waals surface area contributed by atoms with Crippen LogP contribution < -0.4 is 4.52 Å². The van der Waals surface area contributed by atoms with Gasteiger partial charge >= 0.3 is 6.80 Å². The first-order valence-electron chi connectivity index (χ1n) is 6.66. The van der Waals surface area contributed by atoms with Crippen LogP contribution in [0.4, 0.5) is 0 Å². The second-order valence-corrected chi connectivity index (χ2v) is 9.06. The topological polar surface area (TPSA) is 35.5 Å². The van der Waals surface area contributed by atoms with Gasteiger partial charge in [-0.3, -0.25) is 4.52 Å². The molecule has 7 heteroatoms. The fourth-order valence-corrected chi connectivity index (χ4v) is 5.61. The summed E-state index contributed by atoms with van der Waals surface area (Å²) in [6.45, 7) is 2.66. The molecule has 1 atom stereocenters. The Morgan fingerprint density at radius 2 is 2.05 bits per heavy atom. The molecule has 0 saturated heterocycles. The van der Waals surface area contributed by atoms with Crippen molar-refractivity contribution in [3.63, 3.8) is 0 Å².